The third-order valence-corrected chi connectivity index (χ3v) is 27.3. The van der Waals surface area contributed by atoms with Gasteiger partial charge >= 0.3 is 13.7 Å². The highest BCUT2D eigenvalue weighted by Crippen LogP contribution is 2.56. The molecule has 109 heavy (non-hydrogen) atoms. The molecule has 0 atom stereocenters. The fourth-order valence-corrected chi connectivity index (χ4v) is 22.7. The van der Waals surface area contributed by atoms with Crippen molar-refractivity contribution in [1.82, 2.24) is 18.1 Å². The Bertz CT molecular complexity index is 8300. The molecule has 23 aromatic rings. The van der Waals surface area contributed by atoms with E-state index in [1.165, 1.54) is 240 Å². The van der Waals surface area contributed by atoms with Crippen LogP contribution in [0, 0.1) is 0 Å². The molecule has 9 heterocycles. The highest BCUT2D eigenvalue weighted by molar-refractivity contribution is 6.92. The summed E-state index contributed by atoms with van der Waals surface area (Å²) in [7, 11) is 0. The Morgan fingerprint density at radius 3 is 1.51 bits per heavy atom. The molecule has 0 fully saturated rings. The van der Waals surface area contributed by atoms with E-state index >= 15 is 0 Å². The van der Waals surface area contributed by atoms with Gasteiger partial charge in [-0.25, -0.2) is 0 Å². The smallest absolute Gasteiger partial charge is 0.333 e. The Kier molecular flexibility index (Phi) is 10.2. The lowest BCUT2D eigenvalue weighted by atomic mass is 9.45. The summed E-state index contributed by atoms with van der Waals surface area (Å²) in [5.74, 6) is 0. The van der Waals surface area contributed by atoms with Crippen LogP contribution in [0.15, 0.2) is 259 Å². The Balaban J connectivity index is 0.686. The van der Waals surface area contributed by atoms with Gasteiger partial charge in [-0.1, -0.05) is 256 Å². The molecule has 0 N–H and O–H groups in total. The van der Waals surface area contributed by atoms with Crippen molar-refractivity contribution in [3.05, 3.63) is 277 Å². The molecule has 0 unspecified atom stereocenters. The summed E-state index contributed by atoms with van der Waals surface area (Å²) in [6.07, 6.45) is 0.853. The standard InChI is InChI=1S/C102H68B2N4O/c1-100(2,3)59-44-56-33-38-67-86-70(40-35-57(45-59)84(56)86)97-92-87(67)74-49-60(101(4,5)6)48-72-71-47-58(36-41-81(71)107(93(72)74)104(92)77-46-53-20-9-10-21-61(53)89-65-24-12-16-29-79(65)106(97)98(77)89)102(7,8)51-52-42-54-32-37-68-85-69(39-34-55(43-52)83(54)85)96-91-88(68)75-50-73-63-23-14-18-31-82(63)109-99(73)90-66-25-13-17-30-80(66)108(95(75)90)103(91)76-27-19-26-64-62-22-11-15-28-78(62)105(96)94(64)76/h9-50H,51H2,1-8H3. The van der Waals surface area contributed by atoms with Crippen molar-refractivity contribution in [1.29, 1.82) is 0 Å². The Morgan fingerprint density at radius 1 is 0.303 bits per heavy atom. The van der Waals surface area contributed by atoms with E-state index < -0.39 is 0 Å². The van der Waals surface area contributed by atoms with Crippen LogP contribution >= 0.6 is 0 Å². The number of para-hydroxylation sites is 5. The zero-order valence-electron chi connectivity index (χ0n) is 61.8. The quantitative estimate of drug-likeness (QED) is 0.128. The van der Waals surface area contributed by atoms with Gasteiger partial charge in [0.15, 0.2) is 0 Å². The summed E-state index contributed by atoms with van der Waals surface area (Å²) >= 11 is 0. The minimum atomic E-state index is -0.273. The molecule has 0 spiro atoms. The number of benzene rings is 18. The van der Waals surface area contributed by atoms with Crippen LogP contribution in [0.2, 0.25) is 0 Å². The minimum Gasteiger partial charge on any atom is -0.455 e. The maximum atomic E-state index is 7.06. The number of furan rings is 1. The zero-order valence-corrected chi connectivity index (χ0v) is 61.8. The van der Waals surface area contributed by atoms with Crippen LogP contribution < -0.4 is 21.9 Å². The maximum absolute atomic E-state index is 7.06. The topological polar surface area (TPSA) is 32.9 Å². The summed E-state index contributed by atoms with van der Waals surface area (Å²) in [6.45, 7) is 19.0. The predicted octanol–water partition coefficient (Wildman–Crippen LogP) is 24.0. The van der Waals surface area contributed by atoms with Gasteiger partial charge in [0.05, 0.1) is 38.8 Å². The van der Waals surface area contributed by atoms with E-state index in [4.69, 9.17) is 4.42 Å². The molecular formula is C102H68B2N4O. The molecule has 27 rings (SSSR count). The average Bonchev–Trinajstić information content (AvgIpc) is 1.52. The van der Waals surface area contributed by atoms with Gasteiger partial charge in [-0.3, -0.25) is 0 Å². The lowest BCUT2D eigenvalue weighted by molar-refractivity contribution is 0.523. The molecule has 0 bridgehead atoms. The second-order valence-electron chi connectivity index (χ2n) is 35.4. The fraction of sp³-hybridized carbons (Fsp3) is 0.118. The van der Waals surface area contributed by atoms with Gasteiger partial charge in [0.2, 0.25) is 0 Å². The first-order chi connectivity index (χ1) is 53.1. The molecule has 5 nitrogen and oxygen atoms in total. The molecule has 508 valence electrons. The van der Waals surface area contributed by atoms with Crippen LogP contribution in [0.1, 0.15) is 77.6 Å². The van der Waals surface area contributed by atoms with Crippen molar-refractivity contribution in [3.63, 3.8) is 0 Å². The molecular weight excluding hydrogens is 1320 g/mol. The van der Waals surface area contributed by atoms with Crippen molar-refractivity contribution in [3.8, 4) is 33.6 Å². The SMILES string of the molecule is CC(C)(C)c1cc2ccc3c4c5c(c6ccc(c1)c2c36)-n1c2ccccc2c2c3ccccc3cc(c21)B5n1c2ccc(C(C)(C)Cc3cc5ccc6c7c8c(c9ccc(c3)c5c69)-n3c5ccccc5c5cccc(c53)B8n3c5ccccc5c5c6oc8ccccc8c6cc-7c53)cc2c2cc(C(C)(C)C)cc-4c21. The van der Waals surface area contributed by atoms with Gasteiger partial charge in [0.1, 0.15) is 11.2 Å². The second kappa shape index (κ2) is 19.0. The highest BCUT2D eigenvalue weighted by atomic mass is 16.3. The average molecular weight is 1390 g/mol. The van der Waals surface area contributed by atoms with Crippen molar-refractivity contribution >= 4 is 220 Å². The summed E-state index contributed by atoms with van der Waals surface area (Å²) in [5.41, 5.74) is 30.4. The maximum Gasteiger partial charge on any atom is 0.333 e. The third-order valence-electron chi connectivity index (χ3n) is 27.3. The van der Waals surface area contributed by atoms with Gasteiger partial charge in [0.25, 0.3) is 0 Å². The predicted molar refractivity (Wildman–Crippen MR) is 466 cm³/mol. The molecule has 18 aromatic carbocycles. The number of hydrogen-bond donors (Lipinski definition) is 0. The number of nitrogens with zero attached hydrogens (tertiary/aromatic N) is 4. The van der Waals surface area contributed by atoms with E-state index in [1.54, 1.807) is 0 Å². The fourth-order valence-electron chi connectivity index (χ4n) is 22.7. The van der Waals surface area contributed by atoms with Crippen LogP contribution in [0.5, 0.6) is 0 Å². The summed E-state index contributed by atoms with van der Waals surface area (Å²) in [5, 5.41) is 31.0. The van der Waals surface area contributed by atoms with Crippen LogP contribution in [0.3, 0.4) is 0 Å². The van der Waals surface area contributed by atoms with Gasteiger partial charge in [-0.15, -0.1) is 0 Å². The Labute approximate surface area is 627 Å². The van der Waals surface area contributed by atoms with Crippen LogP contribution in [0.25, 0.3) is 218 Å². The molecule has 0 saturated heterocycles. The molecule has 4 aliphatic rings. The number of hydrogen-bond acceptors (Lipinski definition) is 1. The van der Waals surface area contributed by atoms with Crippen LogP contribution in [-0.2, 0) is 22.7 Å². The third kappa shape index (κ3) is 6.86. The molecule has 5 aromatic heterocycles. The summed E-state index contributed by atoms with van der Waals surface area (Å²) in [6, 6.07) is 100. The van der Waals surface area contributed by atoms with Gasteiger partial charge in [0, 0.05) is 103 Å². The largest absolute Gasteiger partial charge is 0.455 e. The van der Waals surface area contributed by atoms with Crippen LogP contribution in [-0.4, -0.2) is 31.8 Å². The van der Waals surface area contributed by atoms with E-state index in [-0.39, 0.29) is 29.9 Å². The van der Waals surface area contributed by atoms with Gasteiger partial charge in [-0.05, 0) is 186 Å². The lowest BCUT2D eigenvalue weighted by Gasteiger charge is -2.37. The van der Waals surface area contributed by atoms with E-state index in [0.29, 0.717) is 0 Å². The monoisotopic (exact) mass is 1390 g/mol. The van der Waals surface area contributed by atoms with Crippen LogP contribution in [0.4, 0.5) is 0 Å². The summed E-state index contributed by atoms with van der Waals surface area (Å²) < 4.78 is 18.0. The molecule has 7 heteroatoms. The van der Waals surface area contributed by atoms with Crippen molar-refractivity contribution in [2.45, 2.75) is 78.1 Å². The highest BCUT2D eigenvalue weighted by Gasteiger charge is 2.47. The minimum absolute atomic E-state index is 0.00335. The van der Waals surface area contributed by atoms with Crippen molar-refractivity contribution < 1.29 is 4.42 Å². The van der Waals surface area contributed by atoms with Gasteiger partial charge < -0.3 is 22.5 Å². The molecule has 0 saturated carbocycles. The molecule has 0 amide bonds. The van der Waals surface area contributed by atoms with Gasteiger partial charge in [-0.2, -0.15) is 0 Å². The Hall–Kier alpha value is -12.6. The second-order valence-corrected chi connectivity index (χ2v) is 35.4. The zero-order chi connectivity index (χ0) is 71.8. The number of fused-ring (bicyclic) bond motifs is 30. The van der Waals surface area contributed by atoms with E-state index in [0.717, 1.165) is 28.4 Å². The van der Waals surface area contributed by atoms with E-state index in [9.17, 15) is 0 Å². The lowest BCUT2D eigenvalue weighted by Crippen LogP contribution is -2.55. The Morgan fingerprint density at radius 2 is 0.826 bits per heavy atom. The number of rotatable bonds is 3. The van der Waals surface area contributed by atoms with Crippen molar-refractivity contribution in [2.24, 2.45) is 0 Å². The first kappa shape index (κ1) is 58.6. The first-order valence-electron chi connectivity index (χ1n) is 39.2. The van der Waals surface area contributed by atoms with E-state index in [1.807, 2.05) is 0 Å². The first-order valence-corrected chi connectivity index (χ1v) is 39.2. The molecule has 0 aliphatic carbocycles. The summed E-state index contributed by atoms with van der Waals surface area (Å²) in [4.78, 5) is 0. The number of aromatic nitrogens is 4. The normalized spacial score (nSPS) is 14.1. The molecule has 4 aliphatic heterocycles. The van der Waals surface area contributed by atoms with E-state index in [2.05, 4.69) is 328 Å². The molecule has 0 radical (unpaired) electrons. The van der Waals surface area contributed by atoms with Crippen molar-refractivity contribution in [2.75, 3.05) is 0 Å².